The van der Waals surface area contributed by atoms with Gasteiger partial charge in [0.05, 0.1) is 0 Å². The fourth-order valence-electron chi connectivity index (χ4n) is 3.61. The van der Waals surface area contributed by atoms with Gasteiger partial charge in [0, 0.05) is 18.5 Å². The van der Waals surface area contributed by atoms with Crippen LogP contribution in [0.2, 0.25) is 0 Å². The van der Waals surface area contributed by atoms with Gasteiger partial charge in [0.2, 0.25) is 5.91 Å². The molecule has 0 radical (unpaired) electrons. The molecule has 3 atom stereocenters. The summed E-state index contributed by atoms with van der Waals surface area (Å²) in [5, 5.41) is 0. The van der Waals surface area contributed by atoms with Gasteiger partial charge >= 0.3 is 0 Å². The van der Waals surface area contributed by atoms with E-state index in [4.69, 9.17) is 5.73 Å². The molecule has 3 nitrogen and oxygen atoms in total. The minimum absolute atomic E-state index is 0.317. The van der Waals surface area contributed by atoms with Crippen LogP contribution >= 0.6 is 0 Å². The van der Waals surface area contributed by atoms with E-state index in [1.54, 1.807) is 0 Å². The molecule has 15 heavy (non-hydrogen) atoms. The Hall–Kier alpha value is -0.570. The Bertz CT molecular complexity index is 273. The third kappa shape index (κ3) is 1.40. The van der Waals surface area contributed by atoms with Gasteiger partial charge in [-0.15, -0.1) is 0 Å². The van der Waals surface area contributed by atoms with E-state index in [1.807, 2.05) is 0 Å². The number of piperidine rings is 1. The number of nitrogens with two attached hydrogens (primary N) is 1. The molecule has 3 fully saturated rings. The number of likely N-dealkylation sites (tertiary alicyclic amines) is 1. The zero-order valence-electron chi connectivity index (χ0n) is 9.19. The van der Waals surface area contributed by atoms with E-state index in [0.29, 0.717) is 36.2 Å². The summed E-state index contributed by atoms with van der Waals surface area (Å²) in [7, 11) is 0. The summed E-state index contributed by atoms with van der Waals surface area (Å²) >= 11 is 0. The van der Waals surface area contributed by atoms with E-state index in [0.717, 1.165) is 6.54 Å². The molecule has 1 amide bonds. The van der Waals surface area contributed by atoms with E-state index >= 15 is 0 Å². The number of carbonyl (C=O) groups excluding carboxylic acids is 1. The molecule has 0 spiro atoms. The number of nitrogens with zero attached hydrogens (tertiary/aromatic N) is 1. The van der Waals surface area contributed by atoms with E-state index < -0.39 is 0 Å². The lowest BCUT2D eigenvalue weighted by molar-refractivity contribution is -0.133. The Balaban J connectivity index is 1.63. The summed E-state index contributed by atoms with van der Waals surface area (Å²) in [6, 6.07) is 0.567. The first-order chi connectivity index (χ1) is 7.33. The molecule has 0 aromatic heterocycles. The molecule has 3 rings (SSSR count). The summed E-state index contributed by atoms with van der Waals surface area (Å²) in [6.07, 6.45) is 6.45. The van der Waals surface area contributed by atoms with Crippen molar-refractivity contribution in [3.63, 3.8) is 0 Å². The Kier molecular flexibility index (Phi) is 2.23. The molecule has 2 N–H and O–H groups in total. The lowest BCUT2D eigenvalue weighted by Crippen LogP contribution is -2.41. The van der Waals surface area contributed by atoms with Crippen molar-refractivity contribution in [2.24, 2.45) is 23.5 Å². The van der Waals surface area contributed by atoms with Crippen LogP contribution < -0.4 is 5.73 Å². The van der Waals surface area contributed by atoms with Gasteiger partial charge in [-0.2, -0.15) is 0 Å². The van der Waals surface area contributed by atoms with Crippen molar-refractivity contribution >= 4 is 5.91 Å². The van der Waals surface area contributed by atoms with E-state index in [9.17, 15) is 4.79 Å². The van der Waals surface area contributed by atoms with E-state index in [1.165, 1.54) is 32.1 Å². The van der Waals surface area contributed by atoms with E-state index in [2.05, 4.69) is 4.90 Å². The van der Waals surface area contributed by atoms with Gasteiger partial charge in [-0.3, -0.25) is 4.79 Å². The van der Waals surface area contributed by atoms with Crippen molar-refractivity contribution in [2.75, 3.05) is 13.1 Å². The minimum Gasteiger partial charge on any atom is -0.339 e. The molecule has 1 saturated heterocycles. The van der Waals surface area contributed by atoms with Crippen LogP contribution in [0, 0.1) is 17.8 Å². The van der Waals surface area contributed by atoms with Crippen molar-refractivity contribution in [1.82, 2.24) is 4.90 Å². The SMILES string of the molecule is NCC1C2CN(C3CCCCC3)C(=O)C12. The largest absolute Gasteiger partial charge is 0.339 e. The summed E-state index contributed by atoms with van der Waals surface area (Å²) in [4.78, 5) is 14.3. The normalized spacial score (nSPS) is 40.7. The molecule has 3 unspecified atom stereocenters. The Labute approximate surface area is 91.0 Å². The number of hydrogen-bond donors (Lipinski definition) is 1. The first-order valence-electron chi connectivity index (χ1n) is 6.33. The van der Waals surface area contributed by atoms with Crippen LogP contribution in [0.3, 0.4) is 0 Å². The van der Waals surface area contributed by atoms with Crippen LogP contribution in [-0.2, 0) is 4.79 Å². The van der Waals surface area contributed by atoms with Crippen molar-refractivity contribution in [3.05, 3.63) is 0 Å². The topological polar surface area (TPSA) is 46.3 Å². The lowest BCUT2D eigenvalue weighted by atomic mass is 9.94. The third-order valence-corrected chi connectivity index (χ3v) is 4.59. The minimum atomic E-state index is 0.317. The van der Waals surface area contributed by atoms with E-state index in [-0.39, 0.29) is 0 Å². The number of hydrogen-bond acceptors (Lipinski definition) is 2. The summed E-state index contributed by atoms with van der Waals surface area (Å²) in [5.41, 5.74) is 5.64. The van der Waals surface area contributed by atoms with Gasteiger partial charge in [-0.25, -0.2) is 0 Å². The Morgan fingerprint density at radius 2 is 2.00 bits per heavy atom. The zero-order chi connectivity index (χ0) is 10.4. The molecule has 3 aliphatic rings. The van der Waals surface area contributed by atoms with Crippen LogP contribution in [0.4, 0.5) is 0 Å². The first kappa shape index (κ1) is 9.64. The van der Waals surface area contributed by atoms with Gasteiger partial charge < -0.3 is 10.6 Å². The predicted molar refractivity (Wildman–Crippen MR) is 58.1 cm³/mol. The molecule has 2 aliphatic carbocycles. The number of carbonyl (C=O) groups is 1. The van der Waals surface area contributed by atoms with Crippen LogP contribution in [0.5, 0.6) is 0 Å². The zero-order valence-corrected chi connectivity index (χ0v) is 9.19. The molecular formula is C12H20N2O. The molecule has 0 aromatic carbocycles. The smallest absolute Gasteiger partial charge is 0.226 e. The Morgan fingerprint density at radius 3 is 2.53 bits per heavy atom. The molecule has 1 heterocycles. The number of fused-ring (bicyclic) bond motifs is 1. The molecular weight excluding hydrogens is 188 g/mol. The Morgan fingerprint density at radius 1 is 1.27 bits per heavy atom. The van der Waals surface area contributed by atoms with Gasteiger partial charge in [0.15, 0.2) is 0 Å². The first-order valence-corrected chi connectivity index (χ1v) is 6.33. The third-order valence-electron chi connectivity index (χ3n) is 4.59. The standard InChI is InChI=1S/C12H20N2O/c13-6-9-10-7-14(12(15)11(9)10)8-4-2-1-3-5-8/h8-11H,1-7,13H2. The fourth-order valence-corrected chi connectivity index (χ4v) is 3.61. The second kappa shape index (κ2) is 3.48. The monoisotopic (exact) mass is 208 g/mol. The van der Waals surface area contributed by atoms with Crippen molar-refractivity contribution in [2.45, 2.75) is 38.1 Å². The van der Waals surface area contributed by atoms with Gasteiger partial charge in [0.1, 0.15) is 0 Å². The molecule has 0 aromatic rings. The quantitative estimate of drug-likeness (QED) is 0.735. The highest BCUT2D eigenvalue weighted by atomic mass is 16.2. The maximum Gasteiger partial charge on any atom is 0.226 e. The van der Waals surface area contributed by atoms with Gasteiger partial charge in [0.25, 0.3) is 0 Å². The molecule has 3 heteroatoms. The number of rotatable bonds is 2. The maximum absolute atomic E-state index is 12.1. The van der Waals surface area contributed by atoms with Crippen molar-refractivity contribution < 1.29 is 4.79 Å². The molecule has 1 aliphatic heterocycles. The highest BCUT2D eigenvalue weighted by Crippen LogP contribution is 2.52. The van der Waals surface area contributed by atoms with Crippen LogP contribution in [0.15, 0.2) is 0 Å². The van der Waals surface area contributed by atoms with Gasteiger partial charge in [-0.1, -0.05) is 19.3 Å². The number of amides is 1. The van der Waals surface area contributed by atoms with Crippen LogP contribution in [-0.4, -0.2) is 29.9 Å². The second-order valence-electron chi connectivity index (χ2n) is 5.37. The highest BCUT2D eigenvalue weighted by Gasteiger charge is 2.61. The molecule has 84 valence electrons. The molecule has 2 saturated carbocycles. The fraction of sp³-hybridized carbons (Fsp3) is 0.917. The summed E-state index contributed by atoms with van der Waals surface area (Å²) in [6.45, 7) is 1.72. The highest BCUT2D eigenvalue weighted by molar-refractivity contribution is 5.85. The van der Waals surface area contributed by atoms with Gasteiger partial charge in [-0.05, 0) is 31.2 Å². The predicted octanol–water partition coefficient (Wildman–Crippen LogP) is 0.982. The second-order valence-corrected chi connectivity index (χ2v) is 5.37. The van der Waals surface area contributed by atoms with Crippen molar-refractivity contribution in [1.29, 1.82) is 0 Å². The maximum atomic E-state index is 12.1. The summed E-state index contributed by atoms with van der Waals surface area (Å²) in [5.74, 6) is 1.88. The average molecular weight is 208 g/mol. The van der Waals surface area contributed by atoms with Crippen molar-refractivity contribution in [3.8, 4) is 0 Å². The summed E-state index contributed by atoms with van der Waals surface area (Å²) < 4.78 is 0. The molecule has 0 bridgehead atoms. The lowest BCUT2D eigenvalue weighted by Gasteiger charge is -2.32. The average Bonchev–Trinajstić information content (AvgIpc) is 2.89. The van der Waals surface area contributed by atoms with Crippen LogP contribution in [0.1, 0.15) is 32.1 Å². The van der Waals surface area contributed by atoms with Crippen LogP contribution in [0.25, 0.3) is 0 Å².